The molecule has 0 saturated carbocycles. The first-order chi connectivity index (χ1) is 11.2. The summed E-state index contributed by atoms with van der Waals surface area (Å²) in [4.78, 5) is 14.2. The molecular formula is C15H28N2O5S2. The molecule has 2 aliphatic rings. The molecule has 0 aliphatic carbocycles. The monoisotopic (exact) mass is 380 g/mol. The van der Waals surface area contributed by atoms with Gasteiger partial charge in [0.25, 0.3) is 0 Å². The maximum Gasteiger partial charge on any atom is 0.225 e. The molecule has 1 amide bonds. The predicted octanol–water partition coefficient (Wildman–Crippen LogP) is 0.474. The van der Waals surface area contributed by atoms with E-state index >= 15 is 0 Å². The molecule has 2 saturated heterocycles. The minimum Gasteiger partial charge on any atom is -0.341 e. The maximum atomic E-state index is 12.6. The highest BCUT2D eigenvalue weighted by molar-refractivity contribution is 7.91. The van der Waals surface area contributed by atoms with Gasteiger partial charge in [-0.1, -0.05) is 13.3 Å². The quantitative estimate of drug-likeness (QED) is 0.668. The fourth-order valence-electron chi connectivity index (χ4n) is 3.39. The number of rotatable bonds is 6. The summed E-state index contributed by atoms with van der Waals surface area (Å²) < 4.78 is 49.0. The molecule has 2 aliphatic heterocycles. The number of carbonyl (C=O) groups excluding carboxylic acids is 1. The van der Waals surface area contributed by atoms with Gasteiger partial charge in [-0.25, -0.2) is 21.1 Å². The molecule has 2 rings (SSSR count). The van der Waals surface area contributed by atoms with Gasteiger partial charge in [-0.05, 0) is 25.7 Å². The Labute approximate surface area is 145 Å². The average molecular weight is 381 g/mol. The van der Waals surface area contributed by atoms with Crippen LogP contribution < -0.4 is 0 Å². The van der Waals surface area contributed by atoms with Crippen LogP contribution in [0.4, 0.5) is 0 Å². The zero-order chi connectivity index (χ0) is 18.0. The van der Waals surface area contributed by atoms with Crippen molar-refractivity contribution in [3.8, 4) is 0 Å². The molecule has 0 bridgehead atoms. The molecule has 2 fully saturated rings. The van der Waals surface area contributed by atoms with Crippen LogP contribution in [0.2, 0.25) is 0 Å². The number of unbranched alkanes of at least 4 members (excludes halogenated alkanes) is 1. The fraction of sp³-hybridized carbons (Fsp3) is 0.933. The summed E-state index contributed by atoms with van der Waals surface area (Å²) in [7, 11) is -4.58. The number of hydrogen-bond donors (Lipinski definition) is 0. The van der Waals surface area contributed by atoms with Crippen LogP contribution in [-0.2, 0) is 24.7 Å². The van der Waals surface area contributed by atoms with E-state index in [0.717, 1.165) is 6.42 Å². The summed E-state index contributed by atoms with van der Waals surface area (Å²) in [5.74, 6) is 0.0869. The van der Waals surface area contributed by atoms with Crippen molar-refractivity contribution < 1.29 is 21.6 Å². The van der Waals surface area contributed by atoms with Crippen molar-refractivity contribution in [3.63, 3.8) is 0 Å². The lowest BCUT2D eigenvalue weighted by Gasteiger charge is -2.34. The highest BCUT2D eigenvalue weighted by Crippen LogP contribution is 2.25. The number of carbonyl (C=O) groups is 1. The van der Waals surface area contributed by atoms with Gasteiger partial charge in [0.2, 0.25) is 15.9 Å². The lowest BCUT2D eigenvalue weighted by Crippen LogP contribution is -2.46. The van der Waals surface area contributed by atoms with Crippen molar-refractivity contribution in [1.29, 1.82) is 0 Å². The van der Waals surface area contributed by atoms with Crippen molar-refractivity contribution in [1.82, 2.24) is 9.21 Å². The first-order valence-corrected chi connectivity index (χ1v) is 12.0. The van der Waals surface area contributed by atoms with Crippen molar-refractivity contribution in [2.75, 3.05) is 37.4 Å². The van der Waals surface area contributed by atoms with Crippen LogP contribution in [0.25, 0.3) is 0 Å². The first kappa shape index (κ1) is 19.7. The van der Waals surface area contributed by atoms with E-state index in [9.17, 15) is 21.6 Å². The third kappa shape index (κ3) is 4.70. The Hall–Kier alpha value is -0.670. The fourth-order valence-corrected chi connectivity index (χ4v) is 6.84. The number of piperidine rings is 1. The van der Waals surface area contributed by atoms with Gasteiger partial charge < -0.3 is 4.90 Å². The second-order valence-corrected chi connectivity index (χ2v) is 11.2. The Bertz CT molecular complexity index is 651. The van der Waals surface area contributed by atoms with E-state index in [1.165, 1.54) is 4.31 Å². The molecule has 2 heterocycles. The van der Waals surface area contributed by atoms with Gasteiger partial charge in [0.15, 0.2) is 9.84 Å². The summed E-state index contributed by atoms with van der Waals surface area (Å²) in [6, 6.07) is -0.242. The van der Waals surface area contributed by atoms with Gasteiger partial charge in [0.1, 0.15) is 0 Å². The van der Waals surface area contributed by atoms with Gasteiger partial charge in [-0.15, -0.1) is 0 Å². The molecule has 0 aromatic rings. The van der Waals surface area contributed by atoms with Crippen LogP contribution in [0.5, 0.6) is 0 Å². The molecule has 9 heteroatoms. The van der Waals surface area contributed by atoms with Gasteiger partial charge in [-0.3, -0.25) is 4.79 Å². The Kier molecular flexibility index (Phi) is 6.30. The molecule has 0 aromatic carbocycles. The van der Waals surface area contributed by atoms with Crippen LogP contribution in [0, 0.1) is 5.92 Å². The van der Waals surface area contributed by atoms with Crippen molar-refractivity contribution in [2.24, 2.45) is 5.92 Å². The minimum absolute atomic E-state index is 0.0412. The summed E-state index contributed by atoms with van der Waals surface area (Å²) in [6.45, 7) is 2.71. The van der Waals surface area contributed by atoms with E-state index in [-0.39, 0.29) is 35.1 Å². The summed E-state index contributed by atoms with van der Waals surface area (Å²) in [6.07, 6.45) is 3.00. The van der Waals surface area contributed by atoms with E-state index in [4.69, 9.17) is 0 Å². The van der Waals surface area contributed by atoms with Crippen LogP contribution in [0.3, 0.4) is 0 Å². The second-order valence-electron chi connectivity index (χ2n) is 6.85. The van der Waals surface area contributed by atoms with Crippen molar-refractivity contribution >= 4 is 25.8 Å². The Balaban J connectivity index is 1.89. The van der Waals surface area contributed by atoms with Gasteiger partial charge >= 0.3 is 0 Å². The summed E-state index contributed by atoms with van der Waals surface area (Å²) in [5, 5.41) is 0. The van der Waals surface area contributed by atoms with Gasteiger partial charge in [-0.2, -0.15) is 0 Å². The van der Waals surface area contributed by atoms with Crippen LogP contribution in [0.1, 0.15) is 39.0 Å². The Morgan fingerprint density at radius 3 is 2.33 bits per heavy atom. The van der Waals surface area contributed by atoms with E-state index in [1.807, 2.05) is 6.92 Å². The van der Waals surface area contributed by atoms with Crippen LogP contribution >= 0.6 is 0 Å². The van der Waals surface area contributed by atoms with Crippen LogP contribution in [0.15, 0.2) is 0 Å². The third-order valence-electron chi connectivity index (χ3n) is 5.06. The summed E-state index contributed by atoms with van der Waals surface area (Å²) >= 11 is 0. The highest BCUT2D eigenvalue weighted by atomic mass is 32.2. The SMILES string of the molecule is CCCCS(=O)(=O)N1CCC(C(=O)N(C)C2CCS(=O)(=O)C2)CC1. The first-order valence-electron chi connectivity index (χ1n) is 8.61. The molecule has 0 N–H and O–H groups in total. The largest absolute Gasteiger partial charge is 0.341 e. The lowest BCUT2D eigenvalue weighted by molar-refractivity contribution is -0.137. The van der Waals surface area contributed by atoms with E-state index < -0.39 is 19.9 Å². The van der Waals surface area contributed by atoms with Crippen LogP contribution in [-0.4, -0.2) is 75.4 Å². The Morgan fingerprint density at radius 1 is 1.21 bits per heavy atom. The molecule has 0 radical (unpaired) electrons. The third-order valence-corrected chi connectivity index (χ3v) is 8.76. The minimum atomic E-state index is -3.22. The normalized spacial score (nSPS) is 25.7. The Morgan fingerprint density at radius 2 is 1.83 bits per heavy atom. The van der Waals surface area contributed by atoms with Gasteiger partial charge in [0.05, 0.1) is 17.3 Å². The standard InChI is InChI=1S/C15H28N2O5S2/c1-3-4-10-24(21,22)17-8-5-13(6-9-17)15(18)16(2)14-7-11-23(19,20)12-14/h13-14H,3-12H2,1-2H3. The van der Waals surface area contributed by atoms with E-state index in [0.29, 0.717) is 38.8 Å². The molecule has 0 aromatic heterocycles. The predicted molar refractivity (Wildman–Crippen MR) is 92.8 cm³/mol. The molecule has 1 atom stereocenters. The second kappa shape index (κ2) is 7.70. The number of hydrogen-bond acceptors (Lipinski definition) is 5. The molecule has 24 heavy (non-hydrogen) atoms. The van der Waals surface area contributed by atoms with Crippen molar-refractivity contribution in [3.05, 3.63) is 0 Å². The van der Waals surface area contributed by atoms with Crippen molar-refractivity contribution in [2.45, 2.75) is 45.1 Å². The molecule has 7 nitrogen and oxygen atoms in total. The zero-order valence-electron chi connectivity index (χ0n) is 14.5. The summed E-state index contributed by atoms with van der Waals surface area (Å²) in [5.41, 5.74) is 0. The molecule has 0 spiro atoms. The number of amides is 1. The van der Waals surface area contributed by atoms with E-state index in [2.05, 4.69) is 0 Å². The molecular weight excluding hydrogens is 352 g/mol. The molecule has 1 unspecified atom stereocenters. The zero-order valence-corrected chi connectivity index (χ0v) is 16.1. The lowest BCUT2D eigenvalue weighted by atomic mass is 9.96. The average Bonchev–Trinajstić information content (AvgIpc) is 2.91. The van der Waals surface area contributed by atoms with E-state index in [1.54, 1.807) is 11.9 Å². The smallest absolute Gasteiger partial charge is 0.225 e. The maximum absolute atomic E-state index is 12.6. The highest BCUT2D eigenvalue weighted by Gasteiger charge is 2.37. The topological polar surface area (TPSA) is 91.8 Å². The van der Waals surface area contributed by atoms with Gasteiger partial charge in [0, 0.05) is 32.1 Å². The number of sulfonamides is 1. The number of nitrogens with zero attached hydrogens (tertiary/aromatic N) is 2. The molecule has 140 valence electrons. The number of sulfone groups is 1.